The van der Waals surface area contributed by atoms with Crippen molar-refractivity contribution in [2.75, 3.05) is 26.7 Å². The summed E-state index contributed by atoms with van der Waals surface area (Å²) in [5.74, 6) is 1.07. The van der Waals surface area contributed by atoms with Gasteiger partial charge in [-0.1, -0.05) is 19.1 Å². The summed E-state index contributed by atoms with van der Waals surface area (Å²) in [5, 5.41) is 6.74. The topological polar surface area (TPSA) is 33.3 Å². The number of benzene rings is 1. The molecule has 0 amide bonds. The van der Waals surface area contributed by atoms with E-state index in [4.69, 9.17) is 4.74 Å². The fourth-order valence-electron chi connectivity index (χ4n) is 2.27. The quantitative estimate of drug-likeness (QED) is 0.816. The SMILES string of the molecule is CCNCC(NC)c1ccc2c(c1)CCCO2. The molecular weight excluding hydrogens is 212 g/mol. The van der Waals surface area contributed by atoms with Crippen molar-refractivity contribution in [1.82, 2.24) is 10.6 Å². The predicted octanol–water partition coefficient (Wildman–Crippen LogP) is 1.88. The summed E-state index contributed by atoms with van der Waals surface area (Å²) >= 11 is 0. The van der Waals surface area contributed by atoms with Gasteiger partial charge in [0.25, 0.3) is 0 Å². The van der Waals surface area contributed by atoms with Gasteiger partial charge in [-0.05, 0) is 43.6 Å². The zero-order valence-corrected chi connectivity index (χ0v) is 10.8. The van der Waals surface area contributed by atoms with Gasteiger partial charge in [0.2, 0.25) is 0 Å². The van der Waals surface area contributed by atoms with Gasteiger partial charge < -0.3 is 15.4 Å². The molecule has 1 aliphatic heterocycles. The van der Waals surface area contributed by atoms with Crippen LogP contribution in [-0.4, -0.2) is 26.7 Å². The number of aryl methyl sites for hydroxylation is 1. The number of fused-ring (bicyclic) bond motifs is 1. The summed E-state index contributed by atoms with van der Waals surface area (Å²) in [7, 11) is 2.01. The molecule has 3 nitrogen and oxygen atoms in total. The maximum Gasteiger partial charge on any atom is 0.122 e. The van der Waals surface area contributed by atoms with Crippen molar-refractivity contribution in [2.45, 2.75) is 25.8 Å². The average Bonchev–Trinajstić information content (AvgIpc) is 2.39. The molecule has 0 saturated carbocycles. The van der Waals surface area contributed by atoms with Crippen LogP contribution in [0, 0.1) is 0 Å². The Morgan fingerprint density at radius 2 is 2.29 bits per heavy atom. The second kappa shape index (κ2) is 6.03. The van der Waals surface area contributed by atoms with Gasteiger partial charge >= 0.3 is 0 Å². The Kier molecular flexibility index (Phi) is 4.40. The molecule has 1 aromatic rings. The summed E-state index contributed by atoms with van der Waals surface area (Å²) in [6.07, 6.45) is 2.27. The van der Waals surface area contributed by atoms with Crippen LogP contribution in [0.1, 0.15) is 30.5 Å². The monoisotopic (exact) mass is 234 g/mol. The van der Waals surface area contributed by atoms with Crippen molar-refractivity contribution in [3.63, 3.8) is 0 Å². The van der Waals surface area contributed by atoms with E-state index in [9.17, 15) is 0 Å². The number of ether oxygens (including phenoxy) is 1. The molecule has 0 aliphatic carbocycles. The van der Waals surface area contributed by atoms with Gasteiger partial charge in [0.05, 0.1) is 6.61 Å². The third-order valence-electron chi connectivity index (χ3n) is 3.28. The van der Waals surface area contributed by atoms with Crippen LogP contribution in [0.4, 0.5) is 0 Å². The van der Waals surface area contributed by atoms with Gasteiger partial charge in [-0.3, -0.25) is 0 Å². The highest BCUT2D eigenvalue weighted by molar-refractivity contribution is 5.39. The average molecular weight is 234 g/mol. The Morgan fingerprint density at radius 3 is 3.06 bits per heavy atom. The summed E-state index contributed by atoms with van der Waals surface area (Å²) in [6, 6.07) is 6.94. The minimum atomic E-state index is 0.377. The third kappa shape index (κ3) is 2.99. The van der Waals surface area contributed by atoms with E-state index in [1.54, 1.807) is 0 Å². The van der Waals surface area contributed by atoms with Gasteiger partial charge in [0.15, 0.2) is 0 Å². The summed E-state index contributed by atoms with van der Waals surface area (Å²) in [4.78, 5) is 0. The van der Waals surface area contributed by atoms with Crippen molar-refractivity contribution in [3.8, 4) is 5.75 Å². The standard InChI is InChI=1S/C14H22N2O/c1-3-16-10-13(15-2)11-6-7-14-12(9-11)5-4-8-17-14/h6-7,9,13,15-16H,3-5,8,10H2,1-2H3. The number of hydrogen-bond donors (Lipinski definition) is 2. The molecule has 2 N–H and O–H groups in total. The first kappa shape index (κ1) is 12.4. The zero-order chi connectivity index (χ0) is 12.1. The van der Waals surface area contributed by atoms with Gasteiger partial charge in [-0.2, -0.15) is 0 Å². The Morgan fingerprint density at radius 1 is 1.41 bits per heavy atom. The van der Waals surface area contributed by atoms with Crippen LogP contribution in [0.15, 0.2) is 18.2 Å². The first-order valence-electron chi connectivity index (χ1n) is 6.48. The highest BCUT2D eigenvalue weighted by Crippen LogP contribution is 2.27. The largest absolute Gasteiger partial charge is 0.493 e. The summed E-state index contributed by atoms with van der Waals surface area (Å²) in [5.41, 5.74) is 2.70. The highest BCUT2D eigenvalue weighted by Gasteiger charge is 2.14. The molecule has 0 saturated heterocycles. The molecule has 1 heterocycles. The third-order valence-corrected chi connectivity index (χ3v) is 3.28. The van der Waals surface area contributed by atoms with E-state index in [0.29, 0.717) is 6.04 Å². The first-order chi connectivity index (χ1) is 8.35. The molecule has 3 heteroatoms. The second-order valence-corrected chi connectivity index (χ2v) is 4.47. The number of hydrogen-bond acceptors (Lipinski definition) is 3. The number of nitrogens with one attached hydrogen (secondary N) is 2. The van der Waals surface area contributed by atoms with E-state index >= 15 is 0 Å². The summed E-state index contributed by atoms with van der Waals surface area (Å²) < 4.78 is 5.64. The van der Waals surface area contributed by atoms with Gasteiger partial charge in [0, 0.05) is 12.6 Å². The lowest BCUT2D eigenvalue weighted by molar-refractivity contribution is 0.288. The van der Waals surface area contributed by atoms with Crippen LogP contribution in [0.5, 0.6) is 5.75 Å². The lowest BCUT2D eigenvalue weighted by atomic mass is 9.99. The van der Waals surface area contributed by atoms with Crippen LogP contribution in [-0.2, 0) is 6.42 Å². The fourth-order valence-corrected chi connectivity index (χ4v) is 2.27. The Labute approximate surface area is 104 Å². The zero-order valence-electron chi connectivity index (χ0n) is 10.8. The Hall–Kier alpha value is -1.06. The van der Waals surface area contributed by atoms with Crippen molar-refractivity contribution in [3.05, 3.63) is 29.3 Å². The molecule has 0 bridgehead atoms. The lowest BCUT2D eigenvalue weighted by Gasteiger charge is -2.21. The highest BCUT2D eigenvalue weighted by atomic mass is 16.5. The van der Waals surface area contributed by atoms with Crippen molar-refractivity contribution < 1.29 is 4.74 Å². The van der Waals surface area contributed by atoms with E-state index in [2.05, 4.69) is 35.8 Å². The Bertz CT molecular complexity index is 365. The van der Waals surface area contributed by atoms with Crippen LogP contribution in [0.3, 0.4) is 0 Å². The van der Waals surface area contributed by atoms with E-state index < -0.39 is 0 Å². The molecule has 17 heavy (non-hydrogen) atoms. The van der Waals surface area contributed by atoms with E-state index in [1.165, 1.54) is 11.1 Å². The molecule has 0 spiro atoms. The van der Waals surface area contributed by atoms with Crippen molar-refractivity contribution in [1.29, 1.82) is 0 Å². The molecule has 1 aliphatic rings. The summed E-state index contributed by atoms with van der Waals surface area (Å²) in [6.45, 7) is 4.96. The minimum Gasteiger partial charge on any atom is -0.493 e. The molecule has 1 aromatic carbocycles. The second-order valence-electron chi connectivity index (χ2n) is 4.47. The molecule has 1 unspecified atom stereocenters. The molecule has 1 atom stereocenters. The number of rotatable bonds is 5. The fraction of sp³-hybridized carbons (Fsp3) is 0.571. The predicted molar refractivity (Wildman–Crippen MR) is 70.6 cm³/mol. The van der Waals surface area contributed by atoms with Gasteiger partial charge in [0.1, 0.15) is 5.75 Å². The molecule has 94 valence electrons. The maximum atomic E-state index is 5.64. The van der Waals surface area contributed by atoms with Crippen LogP contribution < -0.4 is 15.4 Å². The molecule has 0 fully saturated rings. The smallest absolute Gasteiger partial charge is 0.122 e. The molecule has 0 radical (unpaired) electrons. The van der Waals surface area contributed by atoms with Gasteiger partial charge in [-0.25, -0.2) is 0 Å². The minimum absolute atomic E-state index is 0.377. The van der Waals surface area contributed by atoms with E-state index in [1.807, 2.05) is 7.05 Å². The molecular formula is C14H22N2O. The van der Waals surface area contributed by atoms with Crippen LogP contribution in [0.2, 0.25) is 0 Å². The van der Waals surface area contributed by atoms with Gasteiger partial charge in [-0.15, -0.1) is 0 Å². The Balaban J connectivity index is 2.13. The van der Waals surface area contributed by atoms with E-state index in [0.717, 1.165) is 38.3 Å². The van der Waals surface area contributed by atoms with Crippen molar-refractivity contribution in [2.24, 2.45) is 0 Å². The maximum absolute atomic E-state index is 5.64. The first-order valence-corrected chi connectivity index (χ1v) is 6.48. The number of likely N-dealkylation sites (N-methyl/N-ethyl adjacent to an activating group) is 2. The van der Waals surface area contributed by atoms with Crippen molar-refractivity contribution >= 4 is 0 Å². The normalized spacial score (nSPS) is 16.1. The van der Waals surface area contributed by atoms with Crippen LogP contribution >= 0.6 is 0 Å². The molecule has 2 rings (SSSR count). The van der Waals surface area contributed by atoms with Crippen LogP contribution in [0.25, 0.3) is 0 Å². The molecule has 0 aromatic heterocycles. The van der Waals surface area contributed by atoms with E-state index in [-0.39, 0.29) is 0 Å². The lowest BCUT2D eigenvalue weighted by Crippen LogP contribution is -2.29.